The molecule has 0 radical (unpaired) electrons. The van der Waals surface area contributed by atoms with Crippen LogP contribution in [0.1, 0.15) is 11.3 Å². The molecule has 1 N–H and O–H groups in total. The van der Waals surface area contributed by atoms with Gasteiger partial charge in [0, 0.05) is 30.5 Å². The summed E-state index contributed by atoms with van der Waals surface area (Å²) in [6, 6.07) is 21.1. The molecular weight excluding hydrogens is 412 g/mol. The zero-order valence-electron chi connectivity index (χ0n) is 17.6. The molecule has 5 nitrogen and oxygen atoms in total. The summed E-state index contributed by atoms with van der Waals surface area (Å²) in [5.74, 6) is -1.92. The van der Waals surface area contributed by atoms with Crippen LogP contribution in [0.25, 0.3) is 11.1 Å². The van der Waals surface area contributed by atoms with E-state index < -0.39 is 5.92 Å². The van der Waals surface area contributed by atoms with Crippen LogP contribution in [0, 0.1) is 0 Å². The summed E-state index contributed by atoms with van der Waals surface area (Å²) in [6.45, 7) is 0.982. The lowest BCUT2D eigenvalue weighted by molar-refractivity contribution is -0.132. The largest absolute Gasteiger partial charge is 0.492 e. The Kier molecular flexibility index (Phi) is 6.75. The van der Waals surface area contributed by atoms with Gasteiger partial charge in [0.2, 0.25) is 5.91 Å². The highest BCUT2D eigenvalue weighted by Gasteiger charge is 2.43. The SMILES string of the molecule is O=C(Cc1ccc(-c2ccc(OCCN3CC(F)(F)C3)cc2)cn1)NCc1ccccc1. The Balaban J connectivity index is 1.23. The normalized spacial score (nSPS) is 15.1. The number of ether oxygens (including phenoxy) is 1. The summed E-state index contributed by atoms with van der Waals surface area (Å²) in [7, 11) is 0. The van der Waals surface area contributed by atoms with Gasteiger partial charge in [0.15, 0.2) is 0 Å². The fourth-order valence-electron chi connectivity index (χ4n) is 3.53. The van der Waals surface area contributed by atoms with Crippen molar-refractivity contribution in [3.63, 3.8) is 0 Å². The predicted molar refractivity (Wildman–Crippen MR) is 119 cm³/mol. The quantitative estimate of drug-likeness (QED) is 0.551. The lowest BCUT2D eigenvalue weighted by atomic mass is 10.1. The number of hydrogen-bond donors (Lipinski definition) is 1. The standard InChI is InChI=1S/C25H25F2N3O2/c26-25(27)17-30(18-25)12-13-32-23-10-7-20(8-11-23)21-6-9-22(28-16-21)14-24(31)29-15-19-4-2-1-3-5-19/h1-11,16H,12-15,17-18H2,(H,29,31). The molecule has 1 aliphatic heterocycles. The number of likely N-dealkylation sites (tertiary alicyclic amines) is 1. The third kappa shape index (κ3) is 6.11. The fourth-order valence-corrected chi connectivity index (χ4v) is 3.53. The molecule has 0 saturated carbocycles. The highest BCUT2D eigenvalue weighted by atomic mass is 19.3. The van der Waals surface area contributed by atoms with Gasteiger partial charge in [-0.15, -0.1) is 0 Å². The summed E-state index contributed by atoms with van der Waals surface area (Å²) in [4.78, 5) is 18.2. The molecule has 4 rings (SSSR count). The molecule has 32 heavy (non-hydrogen) atoms. The van der Waals surface area contributed by atoms with Crippen molar-refractivity contribution < 1.29 is 18.3 Å². The van der Waals surface area contributed by atoms with Crippen LogP contribution in [-0.2, 0) is 17.8 Å². The highest BCUT2D eigenvalue weighted by molar-refractivity contribution is 5.78. The van der Waals surface area contributed by atoms with E-state index in [9.17, 15) is 13.6 Å². The number of carbonyl (C=O) groups excluding carboxylic acids is 1. The molecule has 3 aromatic rings. The van der Waals surface area contributed by atoms with Gasteiger partial charge < -0.3 is 10.1 Å². The van der Waals surface area contributed by atoms with E-state index >= 15 is 0 Å². The van der Waals surface area contributed by atoms with Gasteiger partial charge in [-0.3, -0.25) is 14.7 Å². The molecule has 1 aliphatic rings. The van der Waals surface area contributed by atoms with Crippen LogP contribution in [0.3, 0.4) is 0 Å². The fraction of sp³-hybridized carbons (Fsp3) is 0.280. The number of aromatic nitrogens is 1. The predicted octanol–water partition coefficient (Wildman–Crippen LogP) is 3.94. The molecular formula is C25H25F2N3O2. The number of pyridine rings is 1. The van der Waals surface area contributed by atoms with E-state index in [2.05, 4.69) is 10.3 Å². The Bertz CT molecular complexity index is 1020. The molecule has 1 saturated heterocycles. The average Bonchev–Trinajstić information content (AvgIpc) is 2.78. The molecule has 1 amide bonds. The molecule has 2 aromatic carbocycles. The second kappa shape index (κ2) is 9.87. The van der Waals surface area contributed by atoms with Gasteiger partial charge in [0.05, 0.1) is 19.5 Å². The van der Waals surface area contributed by atoms with Gasteiger partial charge in [-0.2, -0.15) is 0 Å². The summed E-state index contributed by atoms with van der Waals surface area (Å²) in [5.41, 5.74) is 3.68. The Morgan fingerprint density at radius 1 is 1.00 bits per heavy atom. The Hall–Kier alpha value is -3.32. The van der Waals surface area contributed by atoms with Gasteiger partial charge in [-0.05, 0) is 29.3 Å². The number of alkyl halides is 2. The summed E-state index contributed by atoms with van der Waals surface area (Å²) in [5, 5.41) is 2.90. The Morgan fingerprint density at radius 2 is 1.72 bits per heavy atom. The number of rotatable bonds is 9. The summed E-state index contributed by atoms with van der Waals surface area (Å²) < 4.78 is 31.3. The zero-order valence-corrected chi connectivity index (χ0v) is 17.6. The third-order valence-electron chi connectivity index (χ3n) is 5.27. The molecule has 1 fully saturated rings. The molecule has 0 spiro atoms. The number of amides is 1. The van der Waals surface area contributed by atoms with Crippen molar-refractivity contribution in [2.75, 3.05) is 26.2 Å². The van der Waals surface area contributed by atoms with E-state index in [1.807, 2.05) is 66.7 Å². The molecule has 166 valence electrons. The first kappa shape index (κ1) is 21.9. The molecule has 0 unspecified atom stereocenters. The number of halogens is 2. The van der Waals surface area contributed by atoms with Gasteiger partial charge >= 0.3 is 0 Å². The van der Waals surface area contributed by atoms with Crippen molar-refractivity contribution in [3.05, 3.63) is 84.2 Å². The van der Waals surface area contributed by atoms with Crippen molar-refractivity contribution in [3.8, 4) is 16.9 Å². The van der Waals surface area contributed by atoms with Crippen LogP contribution in [-0.4, -0.2) is 48.0 Å². The minimum Gasteiger partial charge on any atom is -0.492 e. The molecule has 2 heterocycles. The maximum Gasteiger partial charge on any atom is 0.272 e. The maximum absolute atomic E-state index is 12.8. The lowest BCUT2D eigenvalue weighted by Crippen LogP contribution is -2.56. The van der Waals surface area contributed by atoms with Crippen LogP contribution in [0.4, 0.5) is 8.78 Å². The summed E-state index contributed by atoms with van der Waals surface area (Å²) >= 11 is 0. The van der Waals surface area contributed by atoms with Crippen LogP contribution in [0.5, 0.6) is 5.75 Å². The molecule has 1 aromatic heterocycles. The summed E-state index contributed by atoms with van der Waals surface area (Å²) in [6.07, 6.45) is 1.97. The van der Waals surface area contributed by atoms with Gasteiger partial charge in [0.25, 0.3) is 5.92 Å². The number of nitrogens with one attached hydrogen (secondary N) is 1. The monoisotopic (exact) mass is 437 g/mol. The Morgan fingerprint density at radius 3 is 2.38 bits per heavy atom. The molecule has 0 aliphatic carbocycles. The maximum atomic E-state index is 12.8. The molecule has 0 bridgehead atoms. The van der Waals surface area contributed by atoms with E-state index in [0.29, 0.717) is 31.1 Å². The second-order valence-electron chi connectivity index (χ2n) is 7.92. The zero-order chi connectivity index (χ0) is 22.4. The topological polar surface area (TPSA) is 54.5 Å². The van der Waals surface area contributed by atoms with E-state index in [1.54, 1.807) is 11.1 Å². The molecule has 0 atom stereocenters. The van der Waals surface area contributed by atoms with Crippen molar-refractivity contribution in [1.82, 2.24) is 15.2 Å². The van der Waals surface area contributed by atoms with E-state index in [1.165, 1.54) is 0 Å². The number of benzene rings is 2. The smallest absolute Gasteiger partial charge is 0.272 e. The van der Waals surface area contributed by atoms with Crippen LogP contribution in [0.15, 0.2) is 72.9 Å². The van der Waals surface area contributed by atoms with Crippen LogP contribution < -0.4 is 10.1 Å². The second-order valence-corrected chi connectivity index (χ2v) is 7.92. The van der Waals surface area contributed by atoms with Gasteiger partial charge in [-0.25, -0.2) is 8.78 Å². The first-order valence-corrected chi connectivity index (χ1v) is 10.6. The van der Waals surface area contributed by atoms with Crippen molar-refractivity contribution in [2.45, 2.75) is 18.9 Å². The van der Waals surface area contributed by atoms with E-state index in [4.69, 9.17) is 4.74 Å². The first-order valence-electron chi connectivity index (χ1n) is 10.6. The van der Waals surface area contributed by atoms with Crippen molar-refractivity contribution in [2.24, 2.45) is 0 Å². The van der Waals surface area contributed by atoms with Crippen molar-refractivity contribution >= 4 is 5.91 Å². The van der Waals surface area contributed by atoms with E-state index in [-0.39, 0.29) is 25.4 Å². The molecule has 7 heteroatoms. The minimum absolute atomic E-state index is 0.0717. The number of nitrogens with zero attached hydrogens (tertiary/aromatic N) is 2. The minimum atomic E-state index is -2.54. The third-order valence-corrected chi connectivity index (χ3v) is 5.27. The van der Waals surface area contributed by atoms with Gasteiger partial charge in [-0.1, -0.05) is 48.5 Å². The first-order chi connectivity index (χ1) is 15.5. The lowest BCUT2D eigenvalue weighted by Gasteiger charge is -2.38. The Labute approximate surface area is 186 Å². The van der Waals surface area contributed by atoms with Crippen molar-refractivity contribution in [1.29, 1.82) is 0 Å². The van der Waals surface area contributed by atoms with E-state index in [0.717, 1.165) is 16.7 Å². The number of hydrogen-bond acceptors (Lipinski definition) is 4. The number of carbonyl (C=O) groups is 1. The van der Waals surface area contributed by atoms with Crippen LogP contribution in [0.2, 0.25) is 0 Å². The highest BCUT2D eigenvalue weighted by Crippen LogP contribution is 2.26. The average molecular weight is 437 g/mol. The van der Waals surface area contributed by atoms with Gasteiger partial charge in [0.1, 0.15) is 12.4 Å². The van der Waals surface area contributed by atoms with Crippen LogP contribution >= 0.6 is 0 Å².